The van der Waals surface area contributed by atoms with Crippen molar-refractivity contribution in [3.8, 4) is 0 Å². The number of hydrogen-bond acceptors (Lipinski definition) is 3. The summed E-state index contributed by atoms with van der Waals surface area (Å²) in [5.74, 6) is -0.490. The van der Waals surface area contributed by atoms with Crippen molar-refractivity contribution in [2.45, 2.75) is 40.2 Å². The lowest BCUT2D eigenvalue weighted by Gasteiger charge is -2.25. The van der Waals surface area contributed by atoms with Crippen LogP contribution >= 0.6 is 46.4 Å². The van der Waals surface area contributed by atoms with Crippen molar-refractivity contribution in [2.75, 3.05) is 0 Å². The summed E-state index contributed by atoms with van der Waals surface area (Å²) in [5.41, 5.74) is 0. The SMILES string of the molecule is CCCCC(=O)N[C@H](C(Cl)(Cl)Cl)S(=O)(=O)c1ccc(Cl)cc1. The van der Waals surface area contributed by atoms with Crippen molar-refractivity contribution < 1.29 is 13.2 Å². The van der Waals surface area contributed by atoms with Crippen LogP contribution in [-0.2, 0) is 14.6 Å². The van der Waals surface area contributed by atoms with E-state index in [1.54, 1.807) is 0 Å². The van der Waals surface area contributed by atoms with Crippen LogP contribution in [0.3, 0.4) is 0 Å². The van der Waals surface area contributed by atoms with Crippen molar-refractivity contribution in [3.63, 3.8) is 0 Å². The van der Waals surface area contributed by atoms with Gasteiger partial charge >= 0.3 is 0 Å². The molecule has 0 heterocycles. The van der Waals surface area contributed by atoms with Crippen molar-refractivity contribution >= 4 is 62.1 Å². The number of carbonyl (C=O) groups excluding carboxylic acids is 1. The third-order valence-electron chi connectivity index (χ3n) is 2.80. The van der Waals surface area contributed by atoms with E-state index in [0.29, 0.717) is 11.4 Å². The normalized spacial score (nSPS) is 13.7. The molecule has 0 radical (unpaired) electrons. The highest BCUT2D eigenvalue weighted by Gasteiger charge is 2.44. The zero-order chi connectivity index (χ0) is 17.0. The highest BCUT2D eigenvalue weighted by molar-refractivity contribution is 7.92. The highest BCUT2D eigenvalue weighted by Crippen LogP contribution is 2.36. The first-order valence-corrected chi connectivity index (χ1v) is 9.50. The van der Waals surface area contributed by atoms with Crippen LogP contribution in [0.1, 0.15) is 26.2 Å². The molecule has 1 atom stereocenters. The van der Waals surface area contributed by atoms with Gasteiger partial charge in [0.25, 0.3) is 0 Å². The Morgan fingerprint density at radius 2 is 1.77 bits per heavy atom. The predicted octanol–water partition coefficient (Wildman–Crippen LogP) is 4.12. The van der Waals surface area contributed by atoms with Crippen LogP contribution in [0.4, 0.5) is 0 Å². The summed E-state index contributed by atoms with van der Waals surface area (Å²) in [6, 6.07) is 5.39. The van der Waals surface area contributed by atoms with Crippen molar-refractivity contribution in [2.24, 2.45) is 0 Å². The van der Waals surface area contributed by atoms with Gasteiger partial charge in [0.15, 0.2) is 5.37 Å². The summed E-state index contributed by atoms with van der Waals surface area (Å²) in [6.45, 7) is 1.91. The second-order valence-electron chi connectivity index (χ2n) is 4.59. The van der Waals surface area contributed by atoms with E-state index in [-0.39, 0.29) is 11.3 Å². The minimum Gasteiger partial charge on any atom is -0.336 e. The van der Waals surface area contributed by atoms with Gasteiger partial charge < -0.3 is 5.32 Å². The van der Waals surface area contributed by atoms with Crippen LogP contribution in [0.2, 0.25) is 5.02 Å². The lowest BCUT2D eigenvalue weighted by molar-refractivity contribution is -0.121. The number of alkyl halides is 3. The molecule has 9 heteroatoms. The van der Waals surface area contributed by atoms with E-state index in [1.807, 2.05) is 6.92 Å². The number of unbranched alkanes of at least 4 members (excludes halogenated alkanes) is 1. The molecule has 1 aromatic carbocycles. The quantitative estimate of drug-likeness (QED) is 0.722. The minimum atomic E-state index is -4.08. The fourth-order valence-electron chi connectivity index (χ4n) is 1.65. The molecule has 0 aliphatic heterocycles. The summed E-state index contributed by atoms with van der Waals surface area (Å²) in [5, 5.41) is 0.976. The molecule has 0 saturated carbocycles. The topological polar surface area (TPSA) is 63.2 Å². The second kappa shape index (κ2) is 8.06. The molecule has 0 saturated heterocycles. The number of amides is 1. The van der Waals surface area contributed by atoms with Gasteiger partial charge in [-0.2, -0.15) is 0 Å². The molecule has 0 bridgehead atoms. The summed E-state index contributed by atoms with van der Waals surface area (Å²) >= 11 is 23.0. The Balaban J connectivity index is 3.11. The highest BCUT2D eigenvalue weighted by atomic mass is 35.6. The smallest absolute Gasteiger partial charge is 0.225 e. The Morgan fingerprint density at radius 1 is 1.23 bits per heavy atom. The lowest BCUT2D eigenvalue weighted by Crippen LogP contribution is -2.49. The van der Waals surface area contributed by atoms with Gasteiger partial charge in [-0.3, -0.25) is 4.79 Å². The van der Waals surface area contributed by atoms with Gasteiger partial charge in [-0.15, -0.1) is 0 Å². The first-order valence-electron chi connectivity index (χ1n) is 6.44. The molecule has 124 valence electrons. The molecule has 4 nitrogen and oxygen atoms in total. The molecule has 22 heavy (non-hydrogen) atoms. The third kappa shape index (κ3) is 5.46. The summed E-state index contributed by atoms with van der Waals surface area (Å²) < 4.78 is 23.0. The lowest BCUT2D eigenvalue weighted by atomic mass is 10.2. The van der Waals surface area contributed by atoms with Crippen LogP contribution in [0.5, 0.6) is 0 Å². The Morgan fingerprint density at radius 3 is 2.23 bits per heavy atom. The number of hydrogen-bond donors (Lipinski definition) is 1. The Hall–Kier alpha value is -0.200. The summed E-state index contributed by atoms with van der Waals surface area (Å²) in [4.78, 5) is 11.7. The Labute approximate surface area is 150 Å². The molecule has 0 aliphatic rings. The van der Waals surface area contributed by atoms with E-state index in [0.717, 1.165) is 6.42 Å². The van der Waals surface area contributed by atoms with E-state index >= 15 is 0 Å². The number of nitrogens with one attached hydrogen (secondary N) is 1. The standard InChI is InChI=1S/C13H15Cl4NO3S/c1-2-3-4-11(19)18-12(13(15,16)17)22(20,21)10-7-5-9(14)6-8-10/h5-8,12H,2-4H2,1H3,(H,18,19)/t12-/m0/s1. The van der Waals surface area contributed by atoms with Gasteiger partial charge in [0.05, 0.1) is 4.90 Å². The van der Waals surface area contributed by atoms with Crippen LogP contribution < -0.4 is 5.32 Å². The number of benzene rings is 1. The van der Waals surface area contributed by atoms with Gasteiger partial charge in [-0.25, -0.2) is 8.42 Å². The molecule has 1 aromatic rings. The number of rotatable bonds is 6. The molecule has 0 spiro atoms. The van der Waals surface area contributed by atoms with Crippen LogP contribution in [0.25, 0.3) is 0 Å². The maximum Gasteiger partial charge on any atom is 0.225 e. The average molecular weight is 407 g/mol. The molecular formula is C13H15Cl4NO3S. The zero-order valence-electron chi connectivity index (χ0n) is 11.7. The van der Waals surface area contributed by atoms with E-state index < -0.39 is 24.9 Å². The monoisotopic (exact) mass is 405 g/mol. The Kier molecular flexibility index (Phi) is 7.27. The summed E-state index contributed by atoms with van der Waals surface area (Å²) in [6.07, 6.45) is 1.55. The second-order valence-corrected chi connectivity index (χ2v) is 9.43. The van der Waals surface area contributed by atoms with Gasteiger partial charge in [-0.05, 0) is 30.7 Å². The van der Waals surface area contributed by atoms with Crippen molar-refractivity contribution in [1.29, 1.82) is 0 Å². The maximum absolute atomic E-state index is 12.6. The molecule has 1 rings (SSSR count). The third-order valence-corrected chi connectivity index (χ3v) is 6.12. The first kappa shape index (κ1) is 19.8. The molecule has 0 unspecified atom stereocenters. The number of carbonyl (C=O) groups is 1. The number of sulfone groups is 1. The van der Waals surface area contributed by atoms with E-state index in [9.17, 15) is 13.2 Å². The van der Waals surface area contributed by atoms with Crippen molar-refractivity contribution in [3.05, 3.63) is 29.3 Å². The van der Waals surface area contributed by atoms with Gasteiger partial charge in [-0.1, -0.05) is 59.7 Å². The van der Waals surface area contributed by atoms with Crippen LogP contribution in [-0.4, -0.2) is 23.5 Å². The van der Waals surface area contributed by atoms with E-state index in [4.69, 9.17) is 46.4 Å². The van der Waals surface area contributed by atoms with Crippen LogP contribution in [0, 0.1) is 0 Å². The van der Waals surface area contributed by atoms with Gasteiger partial charge in [0, 0.05) is 11.4 Å². The van der Waals surface area contributed by atoms with Gasteiger partial charge in [0.1, 0.15) is 0 Å². The zero-order valence-corrected chi connectivity index (χ0v) is 15.5. The largest absolute Gasteiger partial charge is 0.336 e. The first-order chi connectivity index (χ1) is 10.1. The Bertz CT molecular complexity index is 611. The van der Waals surface area contributed by atoms with E-state index in [2.05, 4.69) is 5.32 Å². The van der Waals surface area contributed by atoms with Crippen molar-refractivity contribution in [1.82, 2.24) is 5.32 Å². The molecule has 1 amide bonds. The average Bonchev–Trinajstić information content (AvgIpc) is 2.41. The molecule has 0 aliphatic carbocycles. The molecule has 0 fully saturated rings. The fourth-order valence-corrected chi connectivity index (χ4v) is 4.42. The molecule has 0 aromatic heterocycles. The fraction of sp³-hybridized carbons (Fsp3) is 0.462. The van der Waals surface area contributed by atoms with Crippen LogP contribution in [0.15, 0.2) is 29.2 Å². The number of halogens is 4. The van der Waals surface area contributed by atoms with E-state index in [1.165, 1.54) is 24.3 Å². The minimum absolute atomic E-state index is 0.0935. The maximum atomic E-state index is 12.6. The molecule has 1 N–H and O–H groups in total. The van der Waals surface area contributed by atoms with Gasteiger partial charge in [0.2, 0.25) is 19.5 Å². The molecular weight excluding hydrogens is 392 g/mol. The summed E-state index contributed by atoms with van der Waals surface area (Å²) in [7, 11) is -4.08. The predicted molar refractivity (Wildman–Crippen MR) is 90.4 cm³/mol.